The van der Waals surface area contributed by atoms with E-state index >= 15 is 0 Å². The van der Waals surface area contributed by atoms with Crippen LogP contribution in [-0.4, -0.2) is 16.8 Å². The van der Waals surface area contributed by atoms with Gasteiger partial charge in [0.15, 0.2) is 0 Å². The number of halogens is 1. The Balaban J connectivity index is 2.23. The summed E-state index contributed by atoms with van der Waals surface area (Å²) in [7, 11) is 0. The molecule has 0 N–H and O–H groups in total. The molecule has 2 rings (SSSR count). The van der Waals surface area contributed by atoms with Crippen molar-refractivity contribution in [2.24, 2.45) is 0 Å². The predicted octanol–water partition coefficient (Wildman–Crippen LogP) is 3.26. The Kier molecular flexibility index (Phi) is 3.18. The molecule has 2 aromatic rings. The quantitative estimate of drug-likeness (QED) is 0.826. The summed E-state index contributed by atoms with van der Waals surface area (Å²) in [4.78, 5) is 0. The summed E-state index contributed by atoms with van der Waals surface area (Å²) in [6, 6.07) is 7.71. The molecule has 0 atom stereocenters. The van der Waals surface area contributed by atoms with Gasteiger partial charge in [0.25, 0.3) is 0 Å². The Morgan fingerprint density at radius 2 is 2.00 bits per heavy atom. The van der Waals surface area contributed by atoms with Gasteiger partial charge in [-0.2, -0.15) is 0 Å². The van der Waals surface area contributed by atoms with E-state index in [4.69, 9.17) is 16.3 Å². The van der Waals surface area contributed by atoms with Crippen LogP contribution < -0.4 is 4.74 Å². The zero-order chi connectivity index (χ0) is 10.7. The third-order valence-electron chi connectivity index (χ3n) is 1.81. The van der Waals surface area contributed by atoms with E-state index in [1.165, 1.54) is 11.3 Å². The molecular formula is C10H9ClN2OS. The molecule has 0 unspecified atom stereocenters. The van der Waals surface area contributed by atoms with E-state index in [2.05, 4.69) is 10.2 Å². The maximum absolute atomic E-state index is 5.71. The largest absolute Gasteiger partial charge is 0.494 e. The molecule has 0 spiro atoms. The van der Waals surface area contributed by atoms with Crippen molar-refractivity contribution in [2.45, 2.75) is 6.92 Å². The lowest BCUT2D eigenvalue weighted by molar-refractivity contribution is 0.340. The molecule has 5 heteroatoms. The van der Waals surface area contributed by atoms with Gasteiger partial charge >= 0.3 is 0 Å². The van der Waals surface area contributed by atoms with Crippen LogP contribution in [0.4, 0.5) is 0 Å². The van der Waals surface area contributed by atoms with Gasteiger partial charge in [-0.15, -0.1) is 10.2 Å². The number of rotatable bonds is 3. The molecule has 1 aromatic heterocycles. The normalized spacial score (nSPS) is 10.3. The average Bonchev–Trinajstić information content (AvgIpc) is 2.67. The fraction of sp³-hybridized carbons (Fsp3) is 0.200. The second-order valence-corrected chi connectivity index (χ2v) is 4.38. The van der Waals surface area contributed by atoms with Gasteiger partial charge in [0, 0.05) is 5.56 Å². The molecular weight excluding hydrogens is 232 g/mol. The molecule has 0 aliphatic heterocycles. The maximum atomic E-state index is 5.71. The lowest BCUT2D eigenvalue weighted by Crippen LogP contribution is -1.90. The van der Waals surface area contributed by atoms with Gasteiger partial charge < -0.3 is 4.74 Å². The summed E-state index contributed by atoms with van der Waals surface area (Å²) < 4.78 is 5.80. The Morgan fingerprint density at radius 3 is 2.53 bits per heavy atom. The molecule has 1 heterocycles. The molecule has 78 valence electrons. The second-order valence-electron chi connectivity index (χ2n) is 2.82. The van der Waals surface area contributed by atoms with Gasteiger partial charge in [0.1, 0.15) is 10.8 Å². The van der Waals surface area contributed by atoms with Crippen molar-refractivity contribution in [3.8, 4) is 16.3 Å². The summed E-state index contributed by atoms with van der Waals surface area (Å²) in [6.45, 7) is 2.63. The van der Waals surface area contributed by atoms with Gasteiger partial charge in [-0.25, -0.2) is 0 Å². The third kappa shape index (κ3) is 2.46. The van der Waals surface area contributed by atoms with Crippen molar-refractivity contribution in [1.29, 1.82) is 0 Å². The highest BCUT2D eigenvalue weighted by atomic mass is 35.5. The van der Waals surface area contributed by atoms with Crippen molar-refractivity contribution >= 4 is 22.9 Å². The molecule has 0 aliphatic rings. The summed E-state index contributed by atoms with van der Waals surface area (Å²) >= 11 is 7.07. The minimum absolute atomic E-state index is 0.457. The molecule has 0 bridgehead atoms. The molecule has 1 aromatic carbocycles. The summed E-state index contributed by atoms with van der Waals surface area (Å²) in [6.07, 6.45) is 0. The lowest BCUT2D eigenvalue weighted by atomic mass is 10.2. The average molecular weight is 241 g/mol. The SMILES string of the molecule is CCOc1ccc(-c2nnc(Cl)s2)cc1. The van der Waals surface area contributed by atoms with Gasteiger partial charge in [0.05, 0.1) is 6.61 Å². The Labute approximate surface area is 96.7 Å². The van der Waals surface area contributed by atoms with Gasteiger partial charge in [-0.1, -0.05) is 11.3 Å². The highest BCUT2D eigenvalue weighted by molar-refractivity contribution is 7.18. The smallest absolute Gasteiger partial charge is 0.207 e. The van der Waals surface area contributed by atoms with Crippen LogP contribution in [-0.2, 0) is 0 Å². The number of benzene rings is 1. The summed E-state index contributed by atoms with van der Waals surface area (Å²) in [5.41, 5.74) is 1.00. The Bertz CT molecular complexity index is 441. The van der Waals surface area contributed by atoms with E-state index in [1.807, 2.05) is 31.2 Å². The van der Waals surface area contributed by atoms with E-state index < -0.39 is 0 Å². The molecule has 15 heavy (non-hydrogen) atoms. The molecule has 0 aliphatic carbocycles. The first-order chi connectivity index (χ1) is 7.29. The third-order valence-corrected chi connectivity index (χ3v) is 2.88. The standard InChI is InChI=1S/C10H9ClN2OS/c1-2-14-8-5-3-7(4-6-8)9-12-13-10(11)15-9/h3-6H,2H2,1H3. The highest BCUT2D eigenvalue weighted by Gasteiger charge is 2.04. The monoisotopic (exact) mass is 240 g/mol. The first kappa shape index (κ1) is 10.4. The Morgan fingerprint density at radius 1 is 1.27 bits per heavy atom. The first-order valence-corrected chi connectivity index (χ1v) is 5.71. The van der Waals surface area contributed by atoms with Crippen LogP contribution in [0.1, 0.15) is 6.92 Å². The van der Waals surface area contributed by atoms with Crippen molar-refractivity contribution < 1.29 is 4.74 Å². The number of aromatic nitrogens is 2. The Hall–Kier alpha value is -1.13. The van der Waals surface area contributed by atoms with Crippen LogP contribution in [0.5, 0.6) is 5.75 Å². The fourth-order valence-corrected chi connectivity index (χ4v) is 2.02. The second kappa shape index (κ2) is 4.59. The number of hydrogen-bond donors (Lipinski definition) is 0. The lowest BCUT2D eigenvalue weighted by Gasteiger charge is -2.02. The van der Waals surface area contributed by atoms with Crippen molar-refractivity contribution in [3.63, 3.8) is 0 Å². The van der Waals surface area contributed by atoms with Crippen LogP contribution in [0.25, 0.3) is 10.6 Å². The first-order valence-electron chi connectivity index (χ1n) is 4.52. The molecule has 0 fully saturated rings. The molecule has 3 nitrogen and oxygen atoms in total. The fourth-order valence-electron chi connectivity index (χ4n) is 1.18. The van der Waals surface area contributed by atoms with Crippen LogP contribution in [0.2, 0.25) is 4.47 Å². The van der Waals surface area contributed by atoms with E-state index in [1.54, 1.807) is 0 Å². The number of nitrogens with zero attached hydrogens (tertiary/aromatic N) is 2. The van der Waals surface area contributed by atoms with Crippen LogP contribution in [0, 0.1) is 0 Å². The number of ether oxygens (including phenoxy) is 1. The maximum Gasteiger partial charge on any atom is 0.207 e. The molecule has 0 saturated carbocycles. The molecule has 0 saturated heterocycles. The van der Waals surface area contributed by atoms with Crippen LogP contribution in [0.3, 0.4) is 0 Å². The van der Waals surface area contributed by atoms with Crippen LogP contribution in [0.15, 0.2) is 24.3 Å². The number of hydrogen-bond acceptors (Lipinski definition) is 4. The van der Waals surface area contributed by atoms with E-state index in [0.717, 1.165) is 16.3 Å². The summed E-state index contributed by atoms with van der Waals surface area (Å²) in [5.74, 6) is 0.858. The zero-order valence-electron chi connectivity index (χ0n) is 8.11. The van der Waals surface area contributed by atoms with Crippen molar-refractivity contribution in [2.75, 3.05) is 6.61 Å². The highest BCUT2D eigenvalue weighted by Crippen LogP contribution is 2.27. The molecule has 0 amide bonds. The topological polar surface area (TPSA) is 35.0 Å². The minimum Gasteiger partial charge on any atom is -0.494 e. The minimum atomic E-state index is 0.457. The van der Waals surface area contributed by atoms with E-state index in [-0.39, 0.29) is 0 Å². The van der Waals surface area contributed by atoms with Gasteiger partial charge in [-0.05, 0) is 42.8 Å². The zero-order valence-corrected chi connectivity index (χ0v) is 9.68. The molecule has 0 radical (unpaired) electrons. The van der Waals surface area contributed by atoms with E-state index in [9.17, 15) is 0 Å². The van der Waals surface area contributed by atoms with Crippen LogP contribution >= 0.6 is 22.9 Å². The van der Waals surface area contributed by atoms with Crippen molar-refractivity contribution in [1.82, 2.24) is 10.2 Å². The van der Waals surface area contributed by atoms with Crippen molar-refractivity contribution in [3.05, 3.63) is 28.7 Å². The van der Waals surface area contributed by atoms with Gasteiger partial charge in [0.2, 0.25) is 4.47 Å². The van der Waals surface area contributed by atoms with E-state index in [0.29, 0.717) is 11.1 Å². The van der Waals surface area contributed by atoms with Gasteiger partial charge in [-0.3, -0.25) is 0 Å². The summed E-state index contributed by atoms with van der Waals surface area (Å²) in [5, 5.41) is 8.53. The predicted molar refractivity (Wildman–Crippen MR) is 61.5 cm³/mol.